The van der Waals surface area contributed by atoms with Gasteiger partial charge in [0.05, 0.1) is 16.7 Å². The molecule has 0 aliphatic heterocycles. The zero-order valence-corrected chi connectivity index (χ0v) is 11.1. The molecule has 2 aromatic carbocycles. The first-order valence-electron chi connectivity index (χ1n) is 4.91. The summed E-state index contributed by atoms with van der Waals surface area (Å²) >= 11 is 9.34. The van der Waals surface area contributed by atoms with E-state index in [0.717, 1.165) is 15.8 Å². The van der Waals surface area contributed by atoms with Crippen molar-refractivity contribution in [3.63, 3.8) is 0 Å². The highest BCUT2D eigenvalue weighted by Gasteiger charge is 1.99. The van der Waals surface area contributed by atoms with Crippen molar-refractivity contribution in [2.75, 3.05) is 5.32 Å². The number of hydrogen-bond acceptors (Lipinski definition) is 2. The Morgan fingerprint density at radius 2 is 1.71 bits per heavy atom. The summed E-state index contributed by atoms with van der Waals surface area (Å²) in [6.07, 6.45) is 0. The molecule has 0 aliphatic carbocycles. The summed E-state index contributed by atoms with van der Waals surface area (Å²) in [5.41, 5.74) is 2.47. The SMILES string of the molecule is N#Cc1ccc(Nc2ccc(Br)c(Cl)c2)cc1. The van der Waals surface area contributed by atoms with Crippen molar-refractivity contribution in [2.24, 2.45) is 0 Å². The normalized spacial score (nSPS) is 9.71. The molecule has 0 bridgehead atoms. The standard InChI is InChI=1S/C13H8BrClN2/c14-12-6-5-11(7-13(12)15)17-10-3-1-9(8-16)2-4-10/h1-7,17H. The van der Waals surface area contributed by atoms with Gasteiger partial charge in [0, 0.05) is 15.8 Å². The van der Waals surface area contributed by atoms with Crippen LogP contribution in [0.15, 0.2) is 46.9 Å². The van der Waals surface area contributed by atoms with Gasteiger partial charge in [0.1, 0.15) is 0 Å². The minimum atomic E-state index is 0.643. The largest absolute Gasteiger partial charge is 0.355 e. The van der Waals surface area contributed by atoms with Gasteiger partial charge in [0.25, 0.3) is 0 Å². The van der Waals surface area contributed by atoms with Crippen LogP contribution in [0, 0.1) is 11.3 Å². The van der Waals surface area contributed by atoms with E-state index in [2.05, 4.69) is 27.3 Å². The summed E-state index contributed by atoms with van der Waals surface area (Å²) in [4.78, 5) is 0. The number of nitrogens with one attached hydrogen (secondary N) is 1. The summed E-state index contributed by atoms with van der Waals surface area (Å²) < 4.78 is 0.865. The Labute approximate surface area is 113 Å². The van der Waals surface area contributed by atoms with Gasteiger partial charge in [-0.2, -0.15) is 5.26 Å². The summed E-state index contributed by atoms with van der Waals surface area (Å²) in [6.45, 7) is 0. The average molecular weight is 308 g/mol. The molecule has 4 heteroatoms. The molecule has 0 spiro atoms. The molecule has 2 nitrogen and oxygen atoms in total. The van der Waals surface area contributed by atoms with Crippen LogP contribution in [0.2, 0.25) is 5.02 Å². The van der Waals surface area contributed by atoms with Crippen LogP contribution < -0.4 is 5.32 Å². The van der Waals surface area contributed by atoms with Gasteiger partial charge < -0.3 is 5.32 Å². The molecule has 0 unspecified atom stereocenters. The van der Waals surface area contributed by atoms with Crippen LogP contribution in [0.5, 0.6) is 0 Å². The monoisotopic (exact) mass is 306 g/mol. The molecule has 0 aliphatic rings. The molecule has 2 rings (SSSR count). The summed E-state index contributed by atoms with van der Waals surface area (Å²) in [5, 5.41) is 12.6. The van der Waals surface area contributed by atoms with E-state index in [0.29, 0.717) is 10.6 Å². The molecule has 0 aromatic heterocycles. The lowest BCUT2D eigenvalue weighted by molar-refractivity contribution is 1.47. The van der Waals surface area contributed by atoms with Crippen molar-refractivity contribution in [3.05, 3.63) is 57.5 Å². The molecule has 17 heavy (non-hydrogen) atoms. The van der Waals surface area contributed by atoms with E-state index in [4.69, 9.17) is 16.9 Å². The molecule has 0 amide bonds. The van der Waals surface area contributed by atoms with Crippen LogP contribution in [-0.4, -0.2) is 0 Å². The van der Waals surface area contributed by atoms with Crippen LogP contribution in [0.4, 0.5) is 11.4 Å². The van der Waals surface area contributed by atoms with Crippen molar-refractivity contribution < 1.29 is 0 Å². The summed E-state index contributed by atoms with van der Waals surface area (Å²) in [6, 6.07) is 15.0. The molecule has 0 fully saturated rings. The zero-order chi connectivity index (χ0) is 12.3. The third-order valence-corrected chi connectivity index (χ3v) is 3.45. The van der Waals surface area contributed by atoms with Gasteiger partial charge in [-0.25, -0.2) is 0 Å². The lowest BCUT2D eigenvalue weighted by Crippen LogP contribution is -1.90. The molecule has 0 saturated carbocycles. The number of nitriles is 1. The Hall–Kier alpha value is -1.50. The lowest BCUT2D eigenvalue weighted by Gasteiger charge is -2.07. The average Bonchev–Trinajstić information content (AvgIpc) is 2.35. The fourth-order valence-electron chi connectivity index (χ4n) is 1.37. The second kappa shape index (κ2) is 5.22. The van der Waals surface area contributed by atoms with E-state index < -0.39 is 0 Å². The van der Waals surface area contributed by atoms with Gasteiger partial charge in [-0.1, -0.05) is 11.6 Å². The van der Waals surface area contributed by atoms with Crippen molar-refractivity contribution in [1.82, 2.24) is 0 Å². The molecule has 84 valence electrons. The Morgan fingerprint density at radius 1 is 1.06 bits per heavy atom. The Bertz CT molecular complexity index is 573. The van der Waals surface area contributed by atoms with E-state index in [9.17, 15) is 0 Å². The number of rotatable bonds is 2. The third-order valence-electron chi connectivity index (χ3n) is 2.22. The van der Waals surface area contributed by atoms with E-state index in [1.807, 2.05) is 30.3 Å². The second-order valence-electron chi connectivity index (χ2n) is 3.44. The number of anilines is 2. The smallest absolute Gasteiger partial charge is 0.0991 e. The maximum absolute atomic E-state index is 8.69. The minimum absolute atomic E-state index is 0.643. The lowest BCUT2D eigenvalue weighted by atomic mass is 10.2. The van der Waals surface area contributed by atoms with Crippen molar-refractivity contribution in [2.45, 2.75) is 0 Å². The van der Waals surface area contributed by atoms with E-state index in [1.165, 1.54) is 0 Å². The highest BCUT2D eigenvalue weighted by molar-refractivity contribution is 9.10. The molecule has 0 atom stereocenters. The van der Waals surface area contributed by atoms with Gasteiger partial charge in [-0.05, 0) is 58.4 Å². The van der Waals surface area contributed by atoms with Crippen LogP contribution in [0.3, 0.4) is 0 Å². The number of benzene rings is 2. The van der Waals surface area contributed by atoms with Gasteiger partial charge in [-0.15, -0.1) is 0 Å². The van der Waals surface area contributed by atoms with Crippen molar-refractivity contribution in [3.8, 4) is 6.07 Å². The molecule has 0 saturated heterocycles. The highest BCUT2D eigenvalue weighted by Crippen LogP contribution is 2.27. The van der Waals surface area contributed by atoms with Crippen LogP contribution in [-0.2, 0) is 0 Å². The molecule has 1 N–H and O–H groups in total. The Morgan fingerprint density at radius 3 is 2.29 bits per heavy atom. The van der Waals surface area contributed by atoms with E-state index >= 15 is 0 Å². The van der Waals surface area contributed by atoms with Gasteiger partial charge in [0.15, 0.2) is 0 Å². The van der Waals surface area contributed by atoms with Crippen LogP contribution >= 0.6 is 27.5 Å². The fourth-order valence-corrected chi connectivity index (χ4v) is 1.80. The van der Waals surface area contributed by atoms with Gasteiger partial charge in [0.2, 0.25) is 0 Å². The minimum Gasteiger partial charge on any atom is -0.355 e. The Kier molecular flexibility index (Phi) is 3.68. The number of hydrogen-bond donors (Lipinski definition) is 1. The van der Waals surface area contributed by atoms with Crippen molar-refractivity contribution >= 4 is 38.9 Å². The molecule has 2 aromatic rings. The number of nitrogens with zero attached hydrogens (tertiary/aromatic N) is 1. The molecule has 0 heterocycles. The third kappa shape index (κ3) is 3.00. The van der Waals surface area contributed by atoms with E-state index in [1.54, 1.807) is 12.1 Å². The maximum Gasteiger partial charge on any atom is 0.0991 e. The molecule has 0 radical (unpaired) electrons. The maximum atomic E-state index is 8.69. The second-order valence-corrected chi connectivity index (χ2v) is 4.70. The summed E-state index contributed by atoms with van der Waals surface area (Å²) in [5.74, 6) is 0. The van der Waals surface area contributed by atoms with Crippen LogP contribution in [0.1, 0.15) is 5.56 Å². The zero-order valence-electron chi connectivity index (χ0n) is 8.74. The predicted octanol–water partition coefficient (Wildman–Crippen LogP) is 4.72. The summed E-state index contributed by atoms with van der Waals surface area (Å²) in [7, 11) is 0. The first-order chi connectivity index (χ1) is 8.19. The van der Waals surface area contributed by atoms with Gasteiger partial charge >= 0.3 is 0 Å². The van der Waals surface area contributed by atoms with Crippen LogP contribution in [0.25, 0.3) is 0 Å². The van der Waals surface area contributed by atoms with Crippen molar-refractivity contribution in [1.29, 1.82) is 5.26 Å². The topological polar surface area (TPSA) is 35.8 Å². The quantitative estimate of drug-likeness (QED) is 0.871. The molecular formula is C13H8BrClN2. The van der Waals surface area contributed by atoms with Gasteiger partial charge in [-0.3, -0.25) is 0 Å². The predicted molar refractivity (Wildman–Crippen MR) is 73.6 cm³/mol. The first-order valence-corrected chi connectivity index (χ1v) is 6.08. The first kappa shape index (κ1) is 12.0. The number of halogens is 2. The highest BCUT2D eigenvalue weighted by atomic mass is 79.9. The Balaban J connectivity index is 2.20. The fraction of sp³-hybridized carbons (Fsp3) is 0. The molecular weight excluding hydrogens is 300 g/mol. The van der Waals surface area contributed by atoms with E-state index in [-0.39, 0.29) is 0 Å².